The van der Waals surface area contributed by atoms with E-state index in [4.69, 9.17) is 5.73 Å². The van der Waals surface area contributed by atoms with Crippen molar-refractivity contribution in [3.63, 3.8) is 0 Å². The molecule has 0 saturated carbocycles. The Morgan fingerprint density at radius 3 is 1.85 bits per heavy atom. The van der Waals surface area contributed by atoms with Crippen molar-refractivity contribution >= 4 is 11.3 Å². The van der Waals surface area contributed by atoms with Crippen LogP contribution in [0.25, 0.3) is 0 Å². The number of hydrogen-bond acceptors (Lipinski definition) is 2. The van der Waals surface area contributed by atoms with Crippen LogP contribution in [-0.4, -0.2) is 0 Å². The van der Waals surface area contributed by atoms with Gasteiger partial charge in [0, 0.05) is 6.54 Å². The lowest BCUT2D eigenvalue weighted by atomic mass is 10.2. The summed E-state index contributed by atoms with van der Waals surface area (Å²) < 4.78 is 0. The molecule has 2 rings (SSSR count). The number of benzene rings is 1. The Balaban J connectivity index is 0.000000145. The average molecular weight is 191 g/mol. The Morgan fingerprint density at radius 2 is 1.54 bits per heavy atom. The Morgan fingerprint density at radius 1 is 0.923 bits per heavy atom. The molecule has 0 aliphatic heterocycles. The van der Waals surface area contributed by atoms with E-state index in [0.29, 0.717) is 6.54 Å². The summed E-state index contributed by atoms with van der Waals surface area (Å²) in [7, 11) is 0. The SMILES string of the molecule is NCc1ccccc1.c1ccsc1. The maximum atomic E-state index is 5.35. The third kappa shape index (κ3) is 4.45. The molecule has 2 aromatic rings. The molecule has 1 aromatic carbocycles. The topological polar surface area (TPSA) is 26.0 Å². The van der Waals surface area contributed by atoms with Gasteiger partial charge in [0.2, 0.25) is 0 Å². The average Bonchev–Trinajstić information content (AvgIpc) is 2.77. The highest BCUT2D eigenvalue weighted by atomic mass is 32.1. The molecule has 1 heterocycles. The van der Waals surface area contributed by atoms with Crippen molar-refractivity contribution in [2.24, 2.45) is 5.73 Å². The third-order valence-corrected chi connectivity index (χ3v) is 2.13. The Bertz CT molecular complexity index is 272. The Kier molecular flexibility index (Phi) is 4.91. The van der Waals surface area contributed by atoms with Crippen molar-refractivity contribution in [2.45, 2.75) is 6.54 Å². The summed E-state index contributed by atoms with van der Waals surface area (Å²) in [4.78, 5) is 0. The molecule has 0 saturated heterocycles. The molecule has 13 heavy (non-hydrogen) atoms. The minimum atomic E-state index is 0.640. The van der Waals surface area contributed by atoms with Gasteiger partial charge in [-0.1, -0.05) is 42.5 Å². The van der Waals surface area contributed by atoms with Gasteiger partial charge in [0.05, 0.1) is 0 Å². The summed E-state index contributed by atoms with van der Waals surface area (Å²) in [5, 5.41) is 4.08. The van der Waals surface area contributed by atoms with Gasteiger partial charge in [0.15, 0.2) is 0 Å². The summed E-state index contributed by atoms with van der Waals surface area (Å²) in [5.74, 6) is 0. The number of thiophene rings is 1. The first-order valence-corrected chi connectivity index (χ1v) is 5.09. The van der Waals surface area contributed by atoms with E-state index in [1.165, 1.54) is 5.56 Å². The van der Waals surface area contributed by atoms with Gasteiger partial charge in [-0.25, -0.2) is 0 Å². The molecule has 0 bridgehead atoms. The van der Waals surface area contributed by atoms with E-state index >= 15 is 0 Å². The largest absolute Gasteiger partial charge is 0.326 e. The van der Waals surface area contributed by atoms with Crippen LogP contribution in [0.5, 0.6) is 0 Å². The fourth-order valence-corrected chi connectivity index (χ4v) is 1.29. The monoisotopic (exact) mass is 191 g/mol. The lowest BCUT2D eigenvalue weighted by Gasteiger charge is -1.90. The fourth-order valence-electron chi connectivity index (χ4n) is 0.841. The van der Waals surface area contributed by atoms with E-state index < -0.39 is 0 Å². The highest BCUT2D eigenvalue weighted by Crippen LogP contribution is 1.94. The van der Waals surface area contributed by atoms with E-state index in [0.717, 1.165) is 0 Å². The van der Waals surface area contributed by atoms with E-state index in [2.05, 4.69) is 0 Å². The molecule has 0 radical (unpaired) electrons. The predicted molar refractivity (Wildman–Crippen MR) is 58.7 cm³/mol. The molecule has 1 nitrogen and oxygen atoms in total. The van der Waals surface area contributed by atoms with Crippen molar-refractivity contribution < 1.29 is 0 Å². The van der Waals surface area contributed by atoms with Gasteiger partial charge in [-0.05, 0) is 16.3 Å². The van der Waals surface area contributed by atoms with E-state index in [1.807, 2.05) is 53.2 Å². The van der Waals surface area contributed by atoms with Gasteiger partial charge in [-0.3, -0.25) is 0 Å². The molecule has 0 amide bonds. The first-order chi connectivity index (χ1) is 6.43. The molecular formula is C11H13NS. The summed E-state index contributed by atoms with van der Waals surface area (Å²) in [6.45, 7) is 0.640. The summed E-state index contributed by atoms with van der Waals surface area (Å²) in [5.41, 5.74) is 6.54. The van der Waals surface area contributed by atoms with Crippen molar-refractivity contribution in [3.05, 3.63) is 58.8 Å². The van der Waals surface area contributed by atoms with Gasteiger partial charge < -0.3 is 5.73 Å². The summed E-state index contributed by atoms with van der Waals surface area (Å²) in [6.07, 6.45) is 0. The zero-order valence-electron chi connectivity index (χ0n) is 7.39. The van der Waals surface area contributed by atoms with Crippen LogP contribution in [0, 0.1) is 0 Å². The van der Waals surface area contributed by atoms with E-state index in [-0.39, 0.29) is 0 Å². The van der Waals surface area contributed by atoms with Crippen LogP contribution in [0.3, 0.4) is 0 Å². The first kappa shape index (κ1) is 9.96. The van der Waals surface area contributed by atoms with Gasteiger partial charge in [0.1, 0.15) is 0 Å². The lowest BCUT2D eigenvalue weighted by Crippen LogP contribution is -1.94. The summed E-state index contributed by atoms with van der Waals surface area (Å²) >= 11 is 1.71. The van der Waals surface area contributed by atoms with Crippen LogP contribution >= 0.6 is 11.3 Å². The maximum absolute atomic E-state index is 5.35. The fraction of sp³-hybridized carbons (Fsp3) is 0.0909. The molecule has 0 fully saturated rings. The van der Waals surface area contributed by atoms with Crippen LogP contribution in [-0.2, 0) is 6.54 Å². The van der Waals surface area contributed by atoms with Gasteiger partial charge in [-0.2, -0.15) is 11.3 Å². The van der Waals surface area contributed by atoms with E-state index in [9.17, 15) is 0 Å². The maximum Gasteiger partial charge on any atom is 0.0178 e. The smallest absolute Gasteiger partial charge is 0.0178 e. The molecule has 1 aromatic heterocycles. The highest BCUT2D eigenvalue weighted by Gasteiger charge is 1.80. The highest BCUT2D eigenvalue weighted by molar-refractivity contribution is 7.07. The van der Waals surface area contributed by atoms with Crippen LogP contribution < -0.4 is 5.73 Å². The van der Waals surface area contributed by atoms with Crippen molar-refractivity contribution in [1.29, 1.82) is 0 Å². The quantitative estimate of drug-likeness (QED) is 0.737. The number of nitrogens with two attached hydrogens (primary N) is 1. The number of hydrogen-bond donors (Lipinski definition) is 1. The second-order valence-electron chi connectivity index (χ2n) is 2.48. The van der Waals surface area contributed by atoms with Crippen LogP contribution in [0.2, 0.25) is 0 Å². The van der Waals surface area contributed by atoms with Crippen molar-refractivity contribution in [2.75, 3.05) is 0 Å². The van der Waals surface area contributed by atoms with Crippen LogP contribution in [0.4, 0.5) is 0 Å². The molecule has 0 unspecified atom stereocenters. The normalized spacial score (nSPS) is 8.69. The molecule has 0 spiro atoms. The van der Waals surface area contributed by atoms with Gasteiger partial charge >= 0.3 is 0 Å². The van der Waals surface area contributed by atoms with Crippen molar-refractivity contribution in [1.82, 2.24) is 0 Å². The molecule has 0 aliphatic carbocycles. The van der Waals surface area contributed by atoms with Gasteiger partial charge in [0.25, 0.3) is 0 Å². The molecule has 2 heteroatoms. The second-order valence-corrected chi connectivity index (χ2v) is 3.30. The Hall–Kier alpha value is -1.12. The minimum Gasteiger partial charge on any atom is -0.326 e. The minimum absolute atomic E-state index is 0.640. The first-order valence-electron chi connectivity index (χ1n) is 4.14. The zero-order chi connectivity index (χ0) is 9.36. The van der Waals surface area contributed by atoms with Crippen molar-refractivity contribution in [3.8, 4) is 0 Å². The van der Waals surface area contributed by atoms with Crippen LogP contribution in [0.15, 0.2) is 53.2 Å². The molecule has 2 N–H and O–H groups in total. The molecule has 68 valence electrons. The summed E-state index contributed by atoms with van der Waals surface area (Å²) in [6, 6.07) is 14.0. The van der Waals surface area contributed by atoms with Crippen LogP contribution in [0.1, 0.15) is 5.56 Å². The Labute approximate surface area is 82.8 Å². The predicted octanol–water partition coefficient (Wildman–Crippen LogP) is 2.89. The molecule has 0 aliphatic rings. The molecule has 0 atom stereocenters. The molecular weight excluding hydrogens is 178 g/mol. The standard InChI is InChI=1S/C7H9N.C4H4S/c8-6-7-4-2-1-3-5-7;1-2-4-5-3-1/h1-5H,6,8H2;1-4H. The van der Waals surface area contributed by atoms with Gasteiger partial charge in [-0.15, -0.1) is 0 Å². The van der Waals surface area contributed by atoms with E-state index in [1.54, 1.807) is 11.3 Å². The number of rotatable bonds is 1. The second kappa shape index (κ2) is 6.40. The third-order valence-electron chi connectivity index (χ3n) is 1.50. The zero-order valence-corrected chi connectivity index (χ0v) is 8.21. The lowest BCUT2D eigenvalue weighted by molar-refractivity contribution is 1.07.